The Morgan fingerprint density at radius 1 is 1.24 bits per heavy atom. The SMILES string of the molecule is COc1cc2c3c(c1OC)C1=CC[C@H](O)C[C@@H](O)[C@@H](O1)[C@@H]3N(C)CC2. The van der Waals surface area contributed by atoms with Crippen LogP contribution in [0.3, 0.4) is 0 Å². The minimum atomic E-state index is -0.724. The molecule has 6 heteroatoms. The minimum Gasteiger partial charge on any atom is -0.493 e. The fourth-order valence-corrected chi connectivity index (χ4v) is 4.38. The number of benzene rings is 1. The van der Waals surface area contributed by atoms with Crippen molar-refractivity contribution in [2.75, 3.05) is 27.8 Å². The van der Waals surface area contributed by atoms with Crippen molar-refractivity contribution in [2.45, 2.75) is 43.6 Å². The Bertz CT molecular complexity index is 716. The van der Waals surface area contributed by atoms with Gasteiger partial charge in [0, 0.05) is 13.0 Å². The third-order valence-electron chi connectivity index (χ3n) is 5.59. The highest BCUT2D eigenvalue weighted by Gasteiger charge is 2.46. The molecule has 136 valence electrons. The van der Waals surface area contributed by atoms with Crippen molar-refractivity contribution in [3.63, 3.8) is 0 Å². The summed E-state index contributed by atoms with van der Waals surface area (Å²) in [7, 11) is 5.31. The maximum absolute atomic E-state index is 10.7. The number of aliphatic hydroxyl groups is 2. The van der Waals surface area contributed by atoms with Gasteiger partial charge in [0.05, 0.1) is 38.0 Å². The molecule has 0 unspecified atom stereocenters. The van der Waals surface area contributed by atoms with Crippen molar-refractivity contribution >= 4 is 5.76 Å². The van der Waals surface area contributed by atoms with Gasteiger partial charge in [0.15, 0.2) is 11.5 Å². The monoisotopic (exact) mass is 347 g/mol. The summed E-state index contributed by atoms with van der Waals surface area (Å²) >= 11 is 0. The van der Waals surface area contributed by atoms with E-state index in [2.05, 4.69) is 4.90 Å². The molecule has 3 aliphatic heterocycles. The van der Waals surface area contributed by atoms with Gasteiger partial charge in [-0.1, -0.05) is 0 Å². The fraction of sp³-hybridized carbons (Fsp3) is 0.579. The molecular weight excluding hydrogens is 322 g/mol. The molecule has 0 aliphatic carbocycles. The van der Waals surface area contributed by atoms with Gasteiger partial charge in [0.2, 0.25) is 0 Å². The van der Waals surface area contributed by atoms with E-state index in [0.717, 1.165) is 24.1 Å². The van der Waals surface area contributed by atoms with Gasteiger partial charge in [-0.05, 0) is 43.2 Å². The Kier molecular flexibility index (Phi) is 4.14. The van der Waals surface area contributed by atoms with E-state index < -0.39 is 18.3 Å². The molecule has 4 rings (SSSR count). The van der Waals surface area contributed by atoms with Crippen LogP contribution in [0.2, 0.25) is 0 Å². The van der Waals surface area contributed by atoms with E-state index in [4.69, 9.17) is 14.2 Å². The van der Waals surface area contributed by atoms with Gasteiger partial charge < -0.3 is 24.4 Å². The highest BCUT2D eigenvalue weighted by Crippen LogP contribution is 2.51. The Morgan fingerprint density at radius 2 is 2.04 bits per heavy atom. The predicted molar refractivity (Wildman–Crippen MR) is 92.7 cm³/mol. The predicted octanol–water partition coefficient (Wildman–Crippen LogP) is 1.49. The van der Waals surface area contributed by atoms with Crippen LogP contribution in [0.25, 0.3) is 5.76 Å². The molecule has 0 spiro atoms. The maximum Gasteiger partial charge on any atom is 0.172 e. The lowest BCUT2D eigenvalue weighted by atomic mass is 9.79. The van der Waals surface area contributed by atoms with Gasteiger partial charge in [-0.2, -0.15) is 0 Å². The van der Waals surface area contributed by atoms with E-state index >= 15 is 0 Å². The molecule has 0 radical (unpaired) electrons. The number of ether oxygens (including phenoxy) is 3. The molecule has 2 bridgehead atoms. The van der Waals surface area contributed by atoms with Gasteiger partial charge in [0.1, 0.15) is 11.9 Å². The van der Waals surface area contributed by atoms with Gasteiger partial charge in [-0.15, -0.1) is 0 Å². The summed E-state index contributed by atoms with van der Waals surface area (Å²) in [5.74, 6) is 2.00. The molecule has 0 fully saturated rings. The van der Waals surface area contributed by atoms with Crippen LogP contribution in [0.5, 0.6) is 11.5 Å². The summed E-state index contributed by atoms with van der Waals surface area (Å²) in [6.07, 6.45) is 1.86. The second kappa shape index (κ2) is 6.20. The zero-order valence-corrected chi connectivity index (χ0v) is 14.9. The van der Waals surface area contributed by atoms with E-state index in [1.165, 1.54) is 5.56 Å². The average molecular weight is 347 g/mol. The Morgan fingerprint density at radius 3 is 2.76 bits per heavy atom. The molecule has 6 nitrogen and oxygen atoms in total. The smallest absolute Gasteiger partial charge is 0.172 e. The van der Waals surface area contributed by atoms with E-state index in [1.807, 2.05) is 19.2 Å². The molecule has 25 heavy (non-hydrogen) atoms. The topological polar surface area (TPSA) is 71.4 Å². The minimum absolute atomic E-state index is 0.0731. The zero-order valence-electron chi connectivity index (χ0n) is 14.9. The third-order valence-corrected chi connectivity index (χ3v) is 5.59. The van der Waals surface area contributed by atoms with E-state index in [0.29, 0.717) is 30.1 Å². The summed E-state index contributed by atoms with van der Waals surface area (Å²) < 4.78 is 17.5. The van der Waals surface area contributed by atoms with E-state index in [9.17, 15) is 10.2 Å². The Hall–Kier alpha value is -1.76. The first-order chi connectivity index (χ1) is 12.0. The number of rotatable bonds is 2. The van der Waals surface area contributed by atoms with Crippen LogP contribution in [0, 0.1) is 0 Å². The van der Waals surface area contributed by atoms with Crippen LogP contribution >= 0.6 is 0 Å². The van der Waals surface area contributed by atoms with E-state index in [-0.39, 0.29) is 6.04 Å². The van der Waals surface area contributed by atoms with Crippen molar-refractivity contribution < 1.29 is 24.4 Å². The standard InChI is InChI=1S/C19H25NO5/c1-20-7-6-10-8-14(23-2)19(24-3)16-13-5-4-11(21)9-12(22)18(25-13)17(20)15(10)16/h5,8,11-12,17-18,21-22H,4,6-7,9H2,1-3H3/t11-,12+,17+,18+/m0/s1. The lowest BCUT2D eigenvalue weighted by molar-refractivity contribution is -0.0634. The highest BCUT2D eigenvalue weighted by molar-refractivity contribution is 5.76. The number of nitrogens with zero attached hydrogens (tertiary/aromatic N) is 1. The number of fused-ring (bicyclic) bond motifs is 4. The molecule has 0 amide bonds. The van der Waals surface area contributed by atoms with Gasteiger partial charge in [-0.25, -0.2) is 0 Å². The maximum atomic E-state index is 10.7. The molecule has 1 aromatic carbocycles. The van der Waals surface area contributed by atoms with Crippen LogP contribution in [0.4, 0.5) is 0 Å². The third kappa shape index (κ3) is 2.51. The van der Waals surface area contributed by atoms with Crippen LogP contribution in [-0.2, 0) is 11.2 Å². The van der Waals surface area contributed by atoms with Gasteiger partial charge >= 0.3 is 0 Å². The molecule has 0 saturated heterocycles. The molecule has 2 N–H and O–H groups in total. The van der Waals surface area contributed by atoms with Crippen LogP contribution in [0.1, 0.15) is 35.6 Å². The van der Waals surface area contributed by atoms with Crippen molar-refractivity contribution in [3.8, 4) is 11.5 Å². The Balaban J connectivity index is 2.00. The van der Waals surface area contributed by atoms with Gasteiger partial charge in [0.25, 0.3) is 0 Å². The average Bonchev–Trinajstić information content (AvgIpc) is 2.61. The summed E-state index contributed by atoms with van der Waals surface area (Å²) in [4.78, 5) is 2.22. The molecule has 4 atom stereocenters. The van der Waals surface area contributed by atoms with Crippen molar-refractivity contribution in [3.05, 3.63) is 28.8 Å². The van der Waals surface area contributed by atoms with E-state index in [1.54, 1.807) is 14.2 Å². The van der Waals surface area contributed by atoms with Crippen molar-refractivity contribution in [1.82, 2.24) is 4.90 Å². The lowest BCUT2D eigenvalue weighted by Gasteiger charge is -2.47. The van der Waals surface area contributed by atoms with Crippen LogP contribution in [0.15, 0.2) is 12.1 Å². The van der Waals surface area contributed by atoms with Crippen molar-refractivity contribution in [2.24, 2.45) is 0 Å². The lowest BCUT2D eigenvalue weighted by Crippen LogP contribution is -2.49. The number of aliphatic hydroxyl groups excluding tert-OH is 2. The number of methoxy groups -OCH3 is 2. The summed E-state index contributed by atoms with van der Waals surface area (Å²) in [6, 6.07) is 1.97. The summed E-state index contributed by atoms with van der Waals surface area (Å²) in [5.41, 5.74) is 3.26. The normalized spacial score (nSPS) is 31.2. The largest absolute Gasteiger partial charge is 0.493 e. The molecule has 0 saturated carbocycles. The molecule has 0 aromatic heterocycles. The molecule has 1 aromatic rings. The first-order valence-electron chi connectivity index (χ1n) is 8.76. The first kappa shape index (κ1) is 16.7. The summed E-state index contributed by atoms with van der Waals surface area (Å²) in [6.45, 7) is 0.876. The summed E-state index contributed by atoms with van der Waals surface area (Å²) in [5, 5.41) is 20.9. The highest BCUT2D eigenvalue weighted by atomic mass is 16.5. The van der Waals surface area contributed by atoms with Crippen LogP contribution < -0.4 is 9.47 Å². The molecular formula is C19H25NO5. The van der Waals surface area contributed by atoms with Crippen molar-refractivity contribution in [1.29, 1.82) is 0 Å². The zero-order chi connectivity index (χ0) is 17.7. The number of hydrogen-bond acceptors (Lipinski definition) is 6. The quantitative estimate of drug-likeness (QED) is 0.845. The van der Waals surface area contributed by atoms with Crippen LogP contribution in [-0.4, -0.2) is 61.2 Å². The molecule has 3 heterocycles. The van der Waals surface area contributed by atoms with Gasteiger partial charge in [-0.3, -0.25) is 4.90 Å². The fourth-order valence-electron chi connectivity index (χ4n) is 4.38. The first-order valence-corrected chi connectivity index (χ1v) is 8.76. The second-order valence-corrected chi connectivity index (χ2v) is 7.08. The number of likely N-dealkylation sites (N-methyl/N-ethyl adjacent to an activating group) is 1. The second-order valence-electron chi connectivity index (χ2n) is 7.08. The Labute approximate surface area is 147 Å². The molecule has 3 aliphatic rings. The number of hydrogen-bond donors (Lipinski definition) is 2.